The summed E-state index contributed by atoms with van der Waals surface area (Å²) in [5.74, 6) is 1.12. The van der Waals surface area contributed by atoms with E-state index in [1.54, 1.807) is 0 Å². The van der Waals surface area contributed by atoms with Crippen molar-refractivity contribution in [3.63, 3.8) is 0 Å². The van der Waals surface area contributed by atoms with Crippen molar-refractivity contribution in [1.29, 1.82) is 0 Å². The number of unbranched alkanes of at least 4 members (excludes halogenated alkanes) is 9. The van der Waals surface area contributed by atoms with E-state index in [1.807, 2.05) is 13.8 Å². The van der Waals surface area contributed by atoms with Crippen molar-refractivity contribution in [3.8, 4) is 6.01 Å². The van der Waals surface area contributed by atoms with Crippen LogP contribution in [0.2, 0.25) is 0 Å². The first-order valence-corrected chi connectivity index (χ1v) is 10.2. The third-order valence-corrected chi connectivity index (χ3v) is 4.01. The molecule has 0 aliphatic carbocycles. The highest BCUT2D eigenvalue weighted by atomic mass is 16.5. The second-order valence-electron chi connectivity index (χ2n) is 6.36. The Morgan fingerprint density at radius 3 is 1.60 bits per heavy atom. The first kappa shape index (κ1) is 21.5. The summed E-state index contributed by atoms with van der Waals surface area (Å²) in [7, 11) is 0. The van der Waals surface area contributed by atoms with Gasteiger partial charge in [-0.25, -0.2) is 0 Å². The minimum absolute atomic E-state index is 0.401. The largest absolute Gasteiger partial charge is 0.463 e. The van der Waals surface area contributed by atoms with Gasteiger partial charge in [0.05, 0.1) is 6.61 Å². The van der Waals surface area contributed by atoms with Crippen molar-refractivity contribution in [2.24, 2.45) is 0 Å². The molecule has 0 saturated heterocycles. The minimum Gasteiger partial charge on any atom is -0.463 e. The van der Waals surface area contributed by atoms with E-state index in [1.165, 1.54) is 57.8 Å². The van der Waals surface area contributed by atoms with E-state index in [0.717, 1.165) is 19.5 Å². The Bertz CT molecular complexity index is 418. The predicted molar refractivity (Wildman–Crippen MR) is 105 cm³/mol. The van der Waals surface area contributed by atoms with E-state index < -0.39 is 0 Å². The maximum atomic E-state index is 5.71. The zero-order valence-corrected chi connectivity index (χ0v) is 16.4. The third-order valence-electron chi connectivity index (χ3n) is 4.01. The topological polar surface area (TPSA) is 72.0 Å². The molecule has 0 bridgehead atoms. The molecule has 2 N–H and O–H groups in total. The molecule has 1 aromatic rings. The number of hydrogen-bond acceptors (Lipinski definition) is 6. The molecular formula is C19H37N5O. The molecule has 0 unspecified atom stereocenters. The molecule has 1 aromatic heterocycles. The Morgan fingerprint density at radius 2 is 1.12 bits per heavy atom. The van der Waals surface area contributed by atoms with E-state index in [-0.39, 0.29) is 0 Å². The van der Waals surface area contributed by atoms with E-state index in [4.69, 9.17) is 4.74 Å². The van der Waals surface area contributed by atoms with Crippen molar-refractivity contribution in [3.05, 3.63) is 0 Å². The standard InChI is InChI=1S/C19H37N5O/c1-4-7-8-9-10-11-12-13-14-15-16-25-19-23-17(20-5-2)22-18(24-19)21-6-3/h4-16H2,1-3H3,(H2,20,21,22,23,24). The van der Waals surface area contributed by atoms with Gasteiger partial charge in [0.15, 0.2) is 0 Å². The summed E-state index contributed by atoms with van der Waals surface area (Å²) in [5.41, 5.74) is 0. The quantitative estimate of drug-likeness (QED) is 0.407. The highest BCUT2D eigenvalue weighted by Crippen LogP contribution is 2.13. The van der Waals surface area contributed by atoms with E-state index in [2.05, 4.69) is 32.5 Å². The number of nitrogens with one attached hydrogen (secondary N) is 2. The second-order valence-corrected chi connectivity index (χ2v) is 6.36. The lowest BCUT2D eigenvalue weighted by Crippen LogP contribution is -2.11. The summed E-state index contributed by atoms with van der Waals surface area (Å²) in [6.45, 7) is 8.50. The van der Waals surface area contributed by atoms with Crippen LogP contribution in [0.5, 0.6) is 6.01 Å². The van der Waals surface area contributed by atoms with Gasteiger partial charge in [-0.15, -0.1) is 0 Å². The summed E-state index contributed by atoms with van der Waals surface area (Å²) in [6.07, 6.45) is 13.2. The molecule has 0 radical (unpaired) electrons. The van der Waals surface area contributed by atoms with Gasteiger partial charge in [0.25, 0.3) is 0 Å². The smallest absolute Gasteiger partial charge is 0.323 e. The number of anilines is 2. The van der Waals surface area contributed by atoms with Crippen LogP contribution in [0, 0.1) is 0 Å². The molecule has 0 aliphatic heterocycles. The van der Waals surface area contributed by atoms with Gasteiger partial charge in [-0.05, 0) is 20.3 Å². The summed E-state index contributed by atoms with van der Waals surface area (Å²) >= 11 is 0. The third kappa shape index (κ3) is 10.8. The Balaban J connectivity index is 2.14. The molecule has 0 aliphatic rings. The van der Waals surface area contributed by atoms with Crippen LogP contribution in [-0.2, 0) is 0 Å². The molecule has 0 fully saturated rings. The zero-order valence-electron chi connectivity index (χ0n) is 16.4. The lowest BCUT2D eigenvalue weighted by atomic mass is 10.1. The van der Waals surface area contributed by atoms with Gasteiger partial charge < -0.3 is 15.4 Å². The van der Waals surface area contributed by atoms with Crippen molar-refractivity contribution in [2.45, 2.75) is 85.0 Å². The SMILES string of the molecule is CCCCCCCCCCCCOc1nc(NCC)nc(NCC)n1. The lowest BCUT2D eigenvalue weighted by Gasteiger charge is -2.09. The van der Waals surface area contributed by atoms with E-state index in [0.29, 0.717) is 24.5 Å². The molecule has 144 valence electrons. The number of hydrogen-bond donors (Lipinski definition) is 2. The normalized spacial score (nSPS) is 10.7. The Morgan fingerprint density at radius 1 is 0.640 bits per heavy atom. The number of rotatable bonds is 16. The molecule has 25 heavy (non-hydrogen) atoms. The maximum Gasteiger partial charge on any atom is 0.323 e. The van der Waals surface area contributed by atoms with Gasteiger partial charge in [0, 0.05) is 13.1 Å². The number of aromatic nitrogens is 3. The van der Waals surface area contributed by atoms with Gasteiger partial charge in [-0.2, -0.15) is 15.0 Å². The average molecular weight is 352 g/mol. The summed E-state index contributed by atoms with van der Waals surface area (Å²) in [5, 5.41) is 6.21. The zero-order chi connectivity index (χ0) is 18.2. The monoisotopic (exact) mass is 351 g/mol. The van der Waals surface area contributed by atoms with Crippen LogP contribution in [0.25, 0.3) is 0 Å². The van der Waals surface area contributed by atoms with E-state index >= 15 is 0 Å². The lowest BCUT2D eigenvalue weighted by molar-refractivity contribution is 0.281. The van der Waals surface area contributed by atoms with Crippen LogP contribution in [-0.4, -0.2) is 34.6 Å². The van der Waals surface area contributed by atoms with Crippen LogP contribution in [0.1, 0.15) is 85.0 Å². The summed E-state index contributed by atoms with van der Waals surface area (Å²) < 4.78 is 5.71. The van der Waals surface area contributed by atoms with Gasteiger partial charge in [-0.3, -0.25) is 0 Å². The van der Waals surface area contributed by atoms with Crippen LogP contribution in [0.3, 0.4) is 0 Å². The highest BCUT2D eigenvalue weighted by molar-refractivity contribution is 5.35. The van der Waals surface area contributed by atoms with Crippen molar-refractivity contribution in [2.75, 3.05) is 30.3 Å². The van der Waals surface area contributed by atoms with Crippen molar-refractivity contribution < 1.29 is 4.74 Å². The number of ether oxygens (including phenoxy) is 1. The molecule has 1 rings (SSSR count). The minimum atomic E-state index is 0.401. The van der Waals surface area contributed by atoms with Crippen molar-refractivity contribution >= 4 is 11.9 Å². The molecule has 0 amide bonds. The second kappa shape index (κ2) is 14.7. The van der Waals surface area contributed by atoms with Crippen molar-refractivity contribution in [1.82, 2.24) is 15.0 Å². The van der Waals surface area contributed by atoms with Gasteiger partial charge in [-0.1, -0.05) is 64.7 Å². The Labute approximate surface area is 153 Å². The average Bonchev–Trinajstić information content (AvgIpc) is 2.60. The molecule has 6 heteroatoms. The fraction of sp³-hybridized carbons (Fsp3) is 0.842. The molecule has 0 spiro atoms. The molecular weight excluding hydrogens is 314 g/mol. The fourth-order valence-electron chi connectivity index (χ4n) is 2.65. The van der Waals surface area contributed by atoms with Gasteiger partial charge in [0.1, 0.15) is 0 Å². The molecule has 6 nitrogen and oxygen atoms in total. The van der Waals surface area contributed by atoms with Gasteiger partial charge in [0.2, 0.25) is 11.9 Å². The fourth-order valence-corrected chi connectivity index (χ4v) is 2.65. The Kier molecular flexibility index (Phi) is 12.6. The molecule has 0 atom stereocenters. The van der Waals surface area contributed by atoms with Crippen LogP contribution in [0.15, 0.2) is 0 Å². The van der Waals surface area contributed by atoms with Crippen LogP contribution < -0.4 is 15.4 Å². The first-order chi connectivity index (χ1) is 12.3. The molecule has 0 saturated carbocycles. The first-order valence-electron chi connectivity index (χ1n) is 10.2. The molecule has 1 heterocycles. The highest BCUT2D eigenvalue weighted by Gasteiger charge is 2.06. The summed E-state index contributed by atoms with van der Waals surface area (Å²) in [6, 6.07) is 0.401. The Hall–Kier alpha value is -1.59. The van der Waals surface area contributed by atoms with Crippen LogP contribution in [0.4, 0.5) is 11.9 Å². The predicted octanol–water partition coefficient (Wildman–Crippen LogP) is 5.03. The number of nitrogens with zero attached hydrogens (tertiary/aromatic N) is 3. The van der Waals surface area contributed by atoms with E-state index in [9.17, 15) is 0 Å². The van der Waals surface area contributed by atoms with Crippen LogP contribution >= 0.6 is 0 Å². The molecule has 0 aromatic carbocycles. The van der Waals surface area contributed by atoms with Gasteiger partial charge >= 0.3 is 6.01 Å². The maximum absolute atomic E-state index is 5.71. The summed E-state index contributed by atoms with van der Waals surface area (Å²) in [4.78, 5) is 12.9.